The summed E-state index contributed by atoms with van der Waals surface area (Å²) in [4.78, 5) is 9.45. The van der Waals surface area contributed by atoms with Crippen molar-refractivity contribution in [3.8, 4) is 6.07 Å². The van der Waals surface area contributed by atoms with Crippen LogP contribution in [0.5, 0.6) is 0 Å². The summed E-state index contributed by atoms with van der Waals surface area (Å²) in [5.41, 5.74) is 0.570. The second kappa shape index (κ2) is 10.6. The number of hydrogen-bond donors (Lipinski definition) is 2. The van der Waals surface area contributed by atoms with Crippen LogP contribution in [0.3, 0.4) is 0 Å². The Balaban J connectivity index is 1.56. The van der Waals surface area contributed by atoms with E-state index in [1.807, 2.05) is 12.1 Å². The summed E-state index contributed by atoms with van der Waals surface area (Å²) in [7, 11) is 0. The number of nitriles is 1. The van der Waals surface area contributed by atoms with Gasteiger partial charge in [0.05, 0.1) is 32.0 Å². The van der Waals surface area contributed by atoms with Crippen LogP contribution >= 0.6 is 0 Å². The lowest BCUT2D eigenvalue weighted by Gasteiger charge is -2.30. The molecule has 2 unspecified atom stereocenters. The second-order valence-electron chi connectivity index (χ2n) is 7.62. The van der Waals surface area contributed by atoms with Crippen molar-refractivity contribution >= 4 is 11.6 Å². The number of hydrogen-bond acceptors (Lipinski definition) is 8. The van der Waals surface area contributed by atoms with Crippen LogP contribution in [0.4, 0.5) is 11.6 Å². The van der Waals surface area contributed by atoms with Crippen molar-refractivity contribution in [2.75, 3.05) is 76.3 Å². The van der Waals surface area contributed by atoms with Gasteiger partial charge in [0.25, 0.3) is 0 Å². The summed E-state index contributed by atoms with van der Waals surface area (Å²) in [5.74, 6) is 1.44. The van der Waals surface area contributed by atoms with Gasteiger partial charge in [-0.1, -0.05) is 0 Å². The first-order valence-electron chi connectivity index (χ1n) is 10.2. The van der Waals surface area contributed by atoms with Gasteiger partial charge in [-0.2, -0.15) is 5.26 Å². The monoisotopic (exact) mass is 388 g/mol. The SMILES string of the molecule is CC(CN1CCOCC1)Nc1ccc(C#N)c(NC(C)CN2CCOCC2)n1. The molecule has 0 amide bonds. The summed E-state index contributed by atoms with van der Waals surface area (Å²) < 4.78 is 10.8. The molecule has 8 nitrogen and oxygen atoms in total. The van der Waals surface area contributed by atoms with E-state index in [1.54, 1.807) is 0 Å². The Kier molecular flexibility index (Phi) is 7.86. The largest absolute Gasteiger partial charge is 0.379 e. The van der Waals surface area contributed by atoms with Gasteiger partial charge < -0.3 is 20.1 Å². The van der Waals surface area contributed by atoms with Crippen LogP contribution in [0, 0.1) is 11.3 Å². The Morgan fingerprint density at radius 3 is 2.04 bits per heavy atom. The molecule has 8 heteroatoms. The van der Waals surface area contributed by atoms with Crippen molar-refractivity contribution in [1.82, 2.24) is 14.8 Å². The quantitative estimate of drug-likeness (QED) is 0.688. The third-order valence-electron chi connectivity index (χ3n) is 5.06. The first kappa shape index (κ1) is 20.8. The Hall–Kier alpha value is -1.92. The number of ether oxygens (including phenoxy) is 2. The Labute approximate surface area is 167 Å². The molecule has 2 saturated heterocycles. The molecule has 2 fully saturated rings. The van der Waals surface area contributed by atoms with Crippen LogP contribution in [0.15, 0.2) is 12.1 Å². The van der Waals surface area contributed by atoms with Gasteiger partial charge in [-0.05, 0) is 26.0 Å². The lowest BCUT2D eigenvalue weighted by atomic mass is 10.2. The fraction of sp³-hybridized carbons (Fsp3) is 0.700. The first-order chi connectivity index (χ1) is 13.6. The highest BCUT2D eigenvalue weighted by molar-refractivity contribution is 5.57. The third kappa shape index (κ3) is 6.31. The zero-order valence-corrected chi connectivity index (χ0v) is 17.0. The van der Waals surface area contributed by atoms with Crippen molar-refractivity contribution in [3.63, 3.8) is 0 Å². The zero-order chi connectivity index (χ0) is 19.8. The van der Waals surface area contributed by atoms with Crippen LogP contribution in [-0.2, 0) is 9.47 Å². The predicted octanol–water partition coefficient (Wildman–Crippen LogP) is 1.22. The maximum absolute atomic E-state index is 9.45. The van der Waals surface area contributed by atoms with E-state index >= 15 is 0 Å². The van der Waals surface area contributed by atoms with Gasteiger partial charge in [-0.15, -0.1) is 0 Å². The summed E-state index contributed by atoms with van der Waals surface area (Å²) in [6.07, 6.45) is 0. The van der Waals surface area contributed by atoms with Gasteiger partial charge in [0.2, 0.25) is 0 Å². The molecule has 3 rings (SSSR count). The molecule has 0 saturated carbocycles. The van der Waals surface area contributed by atoms with Gasteiger partial charge in [-0.3, -0.25) is 9.80 Å². The highest BCUT2D eigenvalue weighted by Gasteiger charge is 2.17. The summed E-state index contributed by atoms with van der Waals surface area (Å²) in [6.45, 7) is 13.1. The van der Waals surface area contributed by atoms with Crippen molar-refractivity contribution in [2.45, 2.75) is 25.9 Å². The standard InChI is InChI=1S/C20H32N6O2/c1-16(14-25-5-9-27-10-6-25)22-19-4-3-18(13-21)20(24-19)23-17(2)15-26-7-11-28-12-8-26/h3-4,16-17H,5-12,14-15H2,1-2H3,(H2,22,23,24). The maximum atomic E-state index is 9.45. The number of rotatable bonds is 8. The molecular weight excluding hydrogens is 356 g/mol. The average molecular weight is 389 g/mol. The molecule has 2 aliphatic rings. The molecule has 2 aliphatic heterocycles. The number of nitrogens with zero attached hydrogens (tertiary/aromatic N) is 4. The lowest BCUT2D eigenvalue weighted by Crippen LogP contribution is -2.42. The van der Waals surface area contributed by atoms with E-state index in [-0.39, 0.29) is 12.1 Å². The van der Waals surface area contributed by atoms with Crippen LogP contribution in [-0.4, -0.2) is 92.6 Å². The normalized spacial score (nSPS) is 20.9. The molecule has 0 bridgehead atoms. The van der Waals surface area contributed by atoms with E-state index in [0.717, 1.165) is 71.5 Å². The van der Waals surface area contributed by atoms with Crippen LogP contribution in [0.2, 0.25) is 0 Å². The van der Waals surface area contributed by atoms with Gasteiger partial charge in [0.15, 0.2) is 0 Å². The number of anilines is 2. The fourth-order valence-corrected chi connectivity index (χ4v) is 3.66. The van der Waals surface area contributed by atoms with Crippen LogP contribution in [0.25, 0.3) is 0 Å². The minimum Gasteiger partial charge on any atom is -0.379 e. The molecule has 0 radical (unpaired) electrons. The van der Waals surface area contributed by atoms with Crippen molar-refractivity contribution in [1.29, 1.82) is 5.26 Å². The molecule has 28 heavy (non-hydrogen) atoms. The minimum atomic E-state index is 0.193. The summed E-state index contributed by atoms with van der Waals surface area (Å²) in [6, 6.07) is 6.41. The summed E-state index contributed by atoms with van der Waals surface area (Å²) >= 11 is 0. The summed E-state index contributed by atoms with van der Waals surface area (Å²) in [5, 5.41) is 16.3. The van der Waals surface area contributed by atoms with E-state index in [2.05, 4.69) is 45.3 Å². The van der Waals surface area contributed by atoms with Crippen LogP contribution in [0.1, 0.15) is 19.4 Å². The Bertz CT molecular complexity index is 653. The van der Waals surface area contributed by atoms with Gasteiger partial charge >= 0.3 is 0 Å². The third-order valence-corrected chi connectivity index (χ3v) is 5.06. The number of nitrogens with one attached hydrogen (secondary N) is 2. The van der Waals surface area contributed by atoms with E-state index in [4.69, 9.17) is 9.47 Å². The van der Waals surface area contributed by atoms with Crippen molar-refractivity contribution < 1.29 is 9.47 Å². The average Bonchev–Trinajstić information content (AvgIpc) is 2.69. The highest BCUT2D eigenvalue weighted by atomic mass is 16.5. The molecule has 2 N–H and O–H groups in total. The first-order valence-corrected chi connectivity index (χ1v) is 10.2. The molecule has 154 valence electrons. The molecule has 1 aromatic rings. The molecule has 2 atom stereocenters. The molecule has 0 aromatic carbocycles. The van der Waals surface area contributed by atoms with Gasteiger partial charge in [-0.25, -0.2) is 4.98 Å². The van der Waals surface area contributed by atoms with Gasteiger partial charge in [0, 0.05) is 51.4 Å². The Morgan fingerprint density at radius 2 is 1.50 bits per heavy atom. The number of pyridine rings is 1. The van der Waals surface area contributed by atoms with E-state index in [0.29, 0.717) is 11.4 Å². The van der Waals surface area contributed by atoms with Crippen molar-refractivity contribution in [3.05, 3.63) is 17.7 Å². The van der Waals surface area contributed by atoms with E-state index in [9.17, 15) is 5.26 Å². The molecule has 3 heterocycles. The predicted molar refractivity (Wildman–Crippen MR) is 110 cm³/mol. The zero-order valence-electron chi connectivity index (χ0n) is 17.0. The maximum Gasteiger partial charge on any atom is 0.146 e. The van der Waals surface area contributed by atoms with Crippen molar-refractivity contribution in [2.24, 2.45) is 0 Å². The molecule has 0 aliphatic carbocycles. The molecule has 0 spiro atoms. The minimum absolute atomic E-state index is 0.193. The van der Waals surface area contributed by atoms with Gasteiger partial charge in [0.1, 0.15) is 17.7 Å². The smallest absolute Gasteiger partial charge is 0.146 e. The number of morpholine rings is 2. The van der Waals surface area contributed by atoms with E-state index < -0.39 is 0 Å². The Morgan fingerprint density at radius 1 is 0.964 bits per heavy atom. The van der Waals surface area contributed by atoms with Crippen LogP contribution < -0.4 is 10.6 Å². The topological polar surface area (TPSA) is 85.7 Å². The number of aromatic nitrogens is 1. The molecular formula is C20H32N6O2. The van der Waals surface area contributed by atoms with E-state index in [1.165, 1.54) is 0 Å². The highest BCUT2D eigenvalue weighted by Crippen LogP contribution is 2.18. The molecule has 1 aromatic heterocycles. The lowest BCUT2D eigenvalue weighted by molar-refractivity contribution is 0.0367. The fourth-order valence-electron chi connectivity index (χ4n) is 3.66. The second-order valence-corrected chi connectivity index (χ2v) is 7.62.